The molecule has 1 aromatic heterocycles. The zero-order valence-electron chi connectivity index (χ0n) is 17.6. The Hall–Kier alpha value is -4.00. The van der Waals surface area contributed by atoms with E-state index in [1.54, 1.807) is 62.7 Å². The van der Waals surface area contributed by atoms with E-state index >= 15 is 0 Å². The minimum Gasteiger partial charge on any atom is -0.507 e. The molecular formula is C25H21FN2O4. The maximum absolute atomic E-state index is 13.7. The number of ether oxygens (including phenoxy) is 1. The molecule has 1 amide bonds. The Morgan fingerprint density at radius 1 is 1.12 bits per heavy atom. The number of ketones is 1. The summed E-state index contributed by atoms with van der Waals surface area (Å²) >= 11 is 0. The van der Waals surface area contributed by atoms with E-state index in [4.69, 9.17) is 4.74 Å². The first-order chi connectivity index (χ1) is 15.4. The van der Waals surface area contributed by atoms with Crippen molar-refractivity contribution in [1.82, 2.24) is 9.88 Å². The summed E-state index contributed by atoms with van der Waals surface area (Å²) in [6, 6.07) is 15.5. The van der Waals surface area contributed by atoms with Crippen LogP contribution in [0.2, 0.25) is 0 Å². The number of pyridine rings is 1. The second-order valence-corrected chi connectivity index (χ2v) is 7.49. The highest BCUT2D eigenvalue weighted by atomic mass is 19.1. The maximum atomic E-state index is 13.7. The second-order valence-electron chi connectivity index (χ2n) is 7.49. The SMILES string of the molecule is COc1ccc(CN2C(=O)C(=O)/C(=C(\O)c3ccc(F)c(C)c3)C2c2ccccn2)cc1. The number of likely N-dealkylation sites (tertiary alicyclic amines) is 1. The summed E-state index contributed by atoms with van der Waals surface area (Å²) < 4.78 is 18.9. The summed E-state index contributed by atoms with van der Waals surface area (Å²) in [6.45, 7) is 1.69. The van der Waals surface area contributed by atoms with E-state index in [-0.39, 0.29) is 23.4 Å². The van der Waals surface area contributed by atoms with Crippen LogP contribution in [0.4, 0.5) is 4.39 Å². The molecule has 7 heteroatoms. The fourth-order valence-corrected chi connectivity index (χ4v) is 3.76. The Morgan fingerprint density at radius 2 is 1.88 bits per heavy atom. The highest BCUT2D eigenvalue weighted by molar-refractivity contribution is 6.46. The van der Waals surface area contributed by atoms with Gasteiger partial charge >= 0.3 is 0 Å². The lowest BCUT2D eigenvalue weighted by atomic mass is 9.97. The van der Waals surface area contributed by atoms with Gasteiger partial charge in [0.2, 0.25) is 0 Å². The van der Waals surface area contributed by atoms with Gasteiger partial charge in [0, 0.05) is 18.3 Å². The summed E-state index contributed by atoms with van der Waals surface area (Å²) in [5, 5.41) is 11.0. The van der Waals surface area contributed by atoms with Crippen molar-refractivity contribution in [3.63, 3.8) is 0 Å². The number of halogens is 1. The Balaban J connectivity index is 1.82. The molecule has 3 aromatic rings. The highest BCUT2D eigenvalue weighted by Gasteiger charge is 2.46. The minimum atomic E-state index is -0.885. The molecule has 0 radical (unpaired) electrons. The molecule has 0 spiro atoms. The number of carbonyl (C=O) groups is 2. The quantitative estimate of drug-likeness (QED) is 0.372. The number of aliphatic hydroxyl groups is 1. The zero-order valence-corrected chi connectivity index (χ0v) is 17.6. The molecule has 1 unspecified atom stereocenters. The molecule has 0 bridgehead atoms. The number of benzene rings is 2. The van der Waals surface area contributed by atoms with Crippen LogP contribution in [0.25, 0.3) is 5.76 Å². The molecule has 4 rings (SSSR count). The lowest BCUT2D eigenvalue weighted by Crippen LogP contribution is -2.29. The predicted molar refractivity (Wildman–Crippen MR) is 116 cm³/mol. The van der Waals surface area contributed by atoms with Crippen molar-refractivity contribution in [3.05, 3.63) is 101 Å². The highest BCUT2D eigenvalue weighted by Crippen LogP contribution is 2.39. The van der Waals surface area contributed by atoms with Gasteiger partial charge in [-0.25, -0.2) is 4.39 Å². The van der Waals surface area contributed by atoms with Gasteiger partial charge in [-0.05, 0) is 60.5 Å². The van der Waals surface area contributed by atoms with E-state index in [9.17, 15) is 19.1 Å². The van der Waals surface area contributed by atoms with Crippen LogP contribution < -0.4 is 4.74 Å². The maximum Gasteiger partial charge on any atom is 0.296 e. The van der Waals surface area contributed by atoms with Crippen LogP contribution in [0.3, 0.4) is 0 Å². The minimum absolute atomic E-state index is 0.0757. The number of rotatable bonds is 5. The third-order valence-electron chi connectivity index (χ3n) is 5.45. The van der Waals surface area contributed by atoms with Crippen LogP contribution in [0, 0.1) is 12.7 Å². The van der Waals surface area contributed by atoms with Crippen molar-refractivity contribution in [2.75, 3.05) is 7.11 Å². The van der Waals surface area contributed by atoms with Crippen LogP contribution in [-0.2, 0) is 16.1 Å². The van der Waals surface area contributed by atoms with Gasteiger partial charge in [0.25, 0.3) is 11.7 Å². The van der Waals surface area contributed by atoms with Gasteiger partial charge in [0.15, 0.2) is 0 Å². The summed E-state index contributed by atoms with van der Waals surface area (Å²) in [7, 11) is 1.56. The smallest absolute Gasteiger partial charge is 0.296 e. The topological polar surface area (TPSA) is 79.7 Å². The molecule has 0 aliphatic carbocycles. The predicted octanol–water partition coefficient (Wildman–Crippen LogP) is 4.16. The van der Waals surface area contributed by atoms with Gasteiger partial charge in [0.05, 0.1) is 18.4 Å². The van der Waals surface area contributed by atoms with E-state index in [1.807, 2.05) is 0 Å². The summed E-state index contributed by atoms with van der Waals surface area (Å²) in [5.74, 6) is -1.67. The van der Waals surface area contributed by atoms with E-state index in [0.717, 1.165) is 5.56 Å². The van der Waals surface area contributed by atoms with E-state index in [1.165, 1.54) is 23.1 Å². The van der Waals surface area contributed by atoms with Crippen LogP contribution in [-0.4, -0.2) is 33.8 Å². The van der Waals surface area contributed by atoms with Gasteiger partial charge in [-0.2, -0.15) is 0 Å². The van der Waals surface area contributed by atoms with Crippen LogP contribution >= 0.6 is 0 Å². The van der Waals surface area contributed by atoms with Crippen LogP contribution in [0.5, 0.6) is 5.75 Å². The molecule has 1 aliphatic rings. The lowest BCUT2D eigenvalue weighted by Gasteiger charge is -2.24. The van der Waals surface area contributed by atoms with Crippen LogP contribution in [0.15, 0.2) is 72.4 Å². The molecule has 6 nitrogen and oxygen atoms in total. The number of amides is 1. The molecule has 1 N–H and O–H groups in total. The normalized spacial score (nSPS) is 17.6. The Morgan fingerprint density at radius 3 is 2.50 bits per heavy atom. The number of aryl methyl sites for hydroxylation is 1. The molecular weight excluding hydrogens is 411 g/mol. The van der Waals surface area contributed by atoms with Crippen molar-refractivity contribution >= 4 is 17.4 Å². The third-order valence-corrected chi connectivity index (χ3v) is 5.45. The van der Waals surface area contributed by atoms with Crippen LogP contribution in [0.1, 0.15) is 28.4 Å². The number of Topliss-reactive ketones (excluding diaryl/α,β-unsaturated/α-hetero) is 1. The standard InChI is InChI=1S/C25H21FN2O4/c1-15-13-17(8-11-19(15)26)23(29)21-22(20-5-3-4-12-27-20)28(25(31)24(21)30)14-16-6-9-18(32-2)10-7-16/h3-13,22,29H,14H2,1-2H3/b23-21-. The van der Waals surface area contributed by atoms with Crippen molar-refractivity contribution in [3.8, 4) is 5.75 Å². The van der Waals surface area contributed by atoms with Crippen molar-refractivity contribution < 1.29 is 23.8 Å². The zero-order chi connectivity index (χ0) is 22.8. The lowest BCUT2D eigenvalue weighted by molar-refractivity contribution is -0.140. The molecule has 2 aromatic carbocycles. The molecule has 1 fully saturated rings. The van der Waals surface area contributed by atoms with Crippen molar-refractivity contribution in [1.29, 1.82) is 0 Å². The molecule has 1 aliphatic heterocycles. The number of aliphatic hydroxyl groups excluding tert-OH is 1. The summed E-state index contributed by atoms with van der Waals surface area (Å²) in [6.07, 6.45) is 1.56. The Labute approximate surface area is 184 Å². The second kappa shape index (κ2) is 8.63. The number of aromatic nitrogens is 1. The first kappa shape index (κ1) is 21.2. The largest absolute Gasteiger partial charge is 0.507 e. The van der Waals surface area contributed by atoms with Gasteiger partial charge in [-0.1, -0.05) is 18.2 Å². The molecule has 32 heavy (non-hydrogen) atoms. The summed E-state index contributed by atoms with van der Waals surface area (Å²) in [5.41, 5.74) is 1.73. The average molecular weight is 432 g/mol. The van der Waals surface area contributed by atoms with E-state index in [2.05, 4.69) is 4.98 Å². The Bertz CT molecular complexity index is 1210. The third kappa shape index (κ3) is 3.85. The molecule has 1 saturated heterocycles. The van der Waals surface area contributed by atoms with Gasteiger partial charge < -0.3 is 14.7 Å². The van der Waals surface area contributed by atoms with Crippen molar-refractivity contribution in [2.24, 2.45) is 0 Å². The summed E-state index contributed by atoms with van der Waals surface area (Å²) in [4.78, 5) is 31.7. The average Bonchev–Trinajstić information content (AvgIpc) is 3.06. The van der Waals surface area contributed by atoms with E-state index < -0.39 is 23.5 Å². The first-order valence-electron chi connectivity index (χ1n) is 9.99. The fourth-order valence-electron chi connectivity index (χ4n) is 3.76. The van der Waals surface area contributed by atoms with Gasteiger partial charge in [-0.15, -0.1) is 0 Å². The van der Waals surface area contributed by atoms with E-state index in [0.29, 0.717) is 17.0 Å². The number of hydrogen-bond donors (Lipinski definition) is 1. The number of nitrogens with zero attached hydrogens (tertiary/aromatic N) is 2. The first-order valence-corrected chi connectivity index (χ1v) is 9.99. The monoisotopic (exact) mass is 432 g/mol. The number of methoxy groups -OCH3 is 1. The number of carbonyl (C=O) groups excluding carboxylic acids is 2. The van der Waals surface area contributed by atoms with Gasteiger partial charge in [0.1, 0.15) is 23.4 Å². The molecule has 0 saturated carbocycles. The van der Waals surface area contributed by atoms with Gasteiger partial charge in [-0.3, -0.25) is 14.6 Å². The van der Waals surface area contributed by atoms with Crippen molar-refractivity contribution in [2.45, 2.75) is 19.5 Å². The molecule has 2 heterocycles. The Kier molecular flexibility index (Phi) is 5.73. The molecule has 1 atom stereocenters. The fraction of sp³-hybridized carbons (Fsp3) is 0.160. The number of hydrogen-bond acceptors (Lipinski definition) is 5. The molecule has 162 valence electrons.